The van der Waals surface area contributed by atoms with E-state index >= 15 is 0 Å². The monoisotopic (exact) mass is 472 g/mol. The van der Waals surface area contributed by atoms with Crippen molar-refractivity contribution in [3.8, 4) is 17.2 Å². The van der Waals surface area contributed by atoms with Crippen molar-refractivity contribution in [3.63, 3.8) is 0 Å². The summed E-state index contributed by atoms with van der Waals surface area (Å²) in [6.45, 7) is 7.40. The summed E-state index contributed by atoms with van der Waals surface area (Å²) in [4.78, 5) is 37.4. The van der Waals surface area contributed by atoms with E-state index in [2.05, 4.69) is 0 Å². The molecule has 1 aromatic carbocycles. The number of Topliss-reactive ketones (excluding diaryl/α,β-unsaturated/α-hetero) is 1. The molecule has 34 heavy (non-hydrogen) atoms. The molecule has 8 heteroatoms. The first-order valence-corrected chi connectivity index (χ1v) is 11.1. The van der Waals surface area contributed by atoms with Crippen LogP contribution in [0.4, 0.5) is 0 Å². The maximum absolute atomic E-state index is 12.7. The molecule has 0 unspecified atom stereocenters. The van der Waals surface area contributed by atoms with E-state index in [1.807, 2.05) is 19.9 Å². The van der Waals surface area contributed by atoms with Gasteiger partial charge in [-0.05, 0) is 36.3 Å². The van der Waals surface area contributed by atoms with Crippen LogP contribution >= 0.6 is 0 Å². The normalized spacial score (nSPS) is 24.1. The average molecular weight is 473 g/mol. The fraction of sp³-hybridized carbons (Fsp3) is 0.500. The van der Waals surface area contributed by atoms with Crippen molar-refractivity contribution in [2.75, 3.05) is 28.4 Å². The summed E-state index contributed by atoms with van der Waals surface area (Å²) < 4.78 is 28.2. The highest BCUT2D eigenvalue weighted by atomic mass is 16.6. The highest BCUT2D eigenvalue weighted by Crippen LogP contribution is 2.55. The minimum absolute atomic E-state index is 0.0397. The van der Waals surface area contributed by atoms with Crippen LogP contribution in [0, 0.1) is 11.8 Å². The Balaban J connectivity index is 2.32. The third kappa shape index (κ3) is 4.17. The maximum Gasteiger partial charge on any atom is 0.308 e. The number of ketones is 2. The standard InChI is InChI=1S/C26H32O8/c1-13(2)25(29)34-26(4)12-16-11-19(31-6)23(32-7)24(33-8)21(16)20(14(26)3)15-9-17(27)22(28)18(10-15)30-5/h9-11,13-14,20H,12H2,1-8H3/t14-,20+,26+/m0/s1. The molecule has 0 aromatic heterocycles. The molecule has 0 saturated carbocycles. The summed E-state index contributed by atoms with van der Waals surface area (Å²) in [6, 6.07) is 1.84. The van der Waals surface area contributed by atoms with Gasteiger partial charge in [-0.25, -0.2) is 0 Å². The molecule has 3 atom stereocenters. The zero-order valence-electron chi connectivity index (χ0n) is 20.9. The SMILES string of the molecule is COC1=CC([C@@H]2c3c(cc(OC)c(OC)c3OC)C[C@@](C)(OC(=O)C(C)C)[C@H]2C)=CC(=O)C1=O. The van der Waals surface area contributed by atoms with Crippen molar-refractivity contribution in [1.82, 2.24) is 0 Å². The third-order valence-electron chi connectivity index (χ3n) is 6.70. The molecule has 0 N–H and O–H groups in total. The molecule has 2 aliphatic carbocycles. The van der Waals surface area contributed by atoms with Gasteiger partial charge in [-0.2, -0.15) is 0 Å². The number of carbonyl (C=O) groups is 3. The number of methoxy groups -OCH3 is 4. The number of hydrogen-bond acceptors (Lipinski definition) is 8. The van der Waals surface area contributed by atoms with E-state index in [0.29, 0.717) is 29.2 Å². The van der Waals surface area contributed by atoms with Crippen LogP contribution in [0.2, 0.25) is 0 Å². The number of allylic oxidation sites excluding steroid dienone is 4. The van der Waals surface area contributed by atoms with Crippen molar-refractivity contribution < 1.29 is 38.1 Å². The van der Waals surface area contributed by atoms with Crippen LogP contribution in [0.15, 0.2) is 29.6 Å². The lowest BCUT2D eigenvalue weighted by Gasteiger charge is -2.46. The molecule has 2 aliphatic rings. The molecule has 8 nitrogen and oxygen atoms in total. The number of fused-ring (bicyclic) bond motifs is 1. The maximum atomic E-state index is 12.7. The fourth-order valence-electron chi connectivity index (χ4n) is 4.72. The van der Waals surface area contributed by atoms with Crippen molar-refractivity contribution in [2.24, 2.45) is 11.8 Å². The van der Waals surface area contributed by atoms with Crippen molar-refractivity contribution in [2.45, 2.75) is 45.6 Å². The summed E-state index contributed by atoms with van der Waals surface area (Å²) >= 11 is 0. The zero-order chi connectivity index (χ0) is 25.4. The van der Waals surface area contributed by atoms with Gasteiger partial charge in [0, 0.05) is 23.8 Å². The van der Waals surface area contributed by atoms with E-state index in [-0.39, 0.29) is 23.6 Å². The van der Waals surface area contributed by atoms with Gasteiger partial charge in [0.05, 0.1) is 34.4 Å². The molecule has 0 spiro atoms. The average Bonchev–Trinajstić information content (AvgIpc) is 2.80. The van der Waals surface area contributed by atoms with Gasteiger partial charge < -0.3 is 23.7 Å². The third-order valence-corrected chi connectivity index (χ3v) is 6.70. The minimum atomic E-state index is -0.907. The van der Waals surface area contributed by atoms with E-state index in [4.69, 9.17) is 23.7 Å². The molecule has 0 radical (unpaired) electrons. The summed E-state index contributed by atoms with van der Waals surface area (Å²) in [5.74, 6) is -1.46. The first-order valence-electron chi connectivity index (χ1n) is 11.1. The van der Waals surface area contributed by atoms with Crippen molar-refractivity contribution >= 4 is 17.5 Å². The summed E-state index contributed by atoms with van der Waals surface area (Å²) in [6.07, 6.45) is 3.29. The van der Waals surface area contributed by atoms with E-state index < -0.39 is 23.1 Å². The molecule has 0 aliphatic heterocycles. The van der Waals surface area contributed by atoms with Gasteiger partial charge in [0.25, 0.3) is 5.78 Å². The Bertz CT molecular complexity index is 1080. The van der Waals surface area contributed by atoms with Crippen LogP contribution < -0.4 is 14.2 Å². The molecular formula is C26H32O8. The second kappa shape index (κ2) is 9.52. The first-order chi connectivity index (χ1) is 16.0. The molecule has 0 fully saturated rings. The predicted molar refractivity (Wildman–Crippen MR) is 124 cm³/mol. The van der Waals surface area contributed by atoms with E-state index in [1.54, 1.807) is 19.9 Å². The fourth-order valence-corrected chi connectivity index (χ4v) is 4.72. The Hall–Kier alpha value is -3.29. The molecule has 184 valence electrons. The summed E-state index contributed by atoms with van der Waals surface area (Å²) in [5, 5.41) is 0. The second-order valence-electron chi connectivity index (χ2n) is 9.10. The lowest BCUT2D eigenvalue weighted by molar-refractivity contribution is -0.168. The summed E-state index contributed by atoms with van der Waals surface area (Å²) in [7, 11) is 5.94. The van der Waals surface area contributed by atoms with E-state index in [9.17, 15) is 14.4 Å². The molecule has 0 amide bonds. The number of esters is 1. The second-order valence-corrected chi connectivity index (χ2v) is 9.10. The largest absolute Gasteiger partial charge is 0.493 e. The highest BCUT2D eigenvalue weighted by Gasteiger charge is 2.49. The van der Waals surface area contributed by atoms with Crippen LogP contribution in [0.25, 0.3) is 0 Å². The van der Waals surface area contributed by atoms with Gasteiger partial charge in [-0.1, -0.05) is 20.8 Å². The number of hydrogen-bond donors (Lipinski definition) is 0. The number of carbonyl (C=O) groups excluding carboxylic acids is 3. The van der Waals surface area contributed by atoms with Gasteiger partial charge >= 0.3 is 5.97 Å². The van der Waals surface area contributed by atoms with Crippen LogP contribution in [0.5, 0.6) is 17.2 Å². The molecule has 1 aromatic rings. The minimum Gasteiger partial charge on any atom is -0.493 e. The topological polar surface area (TPSA) is 97.4 Å². The van der Waals surface area contributed by atoms with Crippen LogP contribution in [-0.4, -0.2) is 51.6 Å². The zero-order valence-corrected chi connectivity index (χ0v) is 20.9. The highest BCUT2D eigenvalue weighted by molar-refractivity contribution is 6.47. The smallest absolute Gasteiger partial charge is 0.308 e. The lowest BCUT2D eigenvalue weighted by atomic mass is 9.64. The van der Waals surface area contributed by atoms with Crippen molar-refractivity contribution in [1.29, 1.82) is 0 Å². The quantitative estimate of drug-likeness (QED) is 0.338. The van der Waals surface area contributed by atoms with Crippen LogP contribution in [0.3, 0.4) is 0 Å². The van der Waals surface area contributed by atoms with Gasteiger partial charge in [-0.15, -0.1) is 0 Å². The lowest BCUT2D eigenvalue weighted by Crippen LogP contribution is -2.48. The predicted octanol–water partition coefficient (Wildman–Crippen LogP) is 3.55. The Morgan fingerprint density at radius 2 is 1.65 bits per heavy atom. The molecular weight excluding hydrogens is 440 g/mol. The number of rotatable bonds is 7. The number of benzene rings is 1. The van der Waals surface area contributed by atoms with Crippen LogP contribution in [0.1, 0.15) is 44.7 Å². The van der Waals surface area contributed by atoms with Crippen LogP contribution in [-0.2, 0) is 30.3 Å². The summed E-state index contributed by atoms with van der Waals surface area (Å²) in [5.41, 5.74) is 1.27. The number of ether oxygens (including phenoxy) is 5. The van der Waals surface area contributed by atoms with Gasteiger partial charge in [0.1, 0.15) is 5.60 Å². The molecule has 3 rings (SSSR count). The molecule has 0 heterocycles. The Morgan fingerprint density at radius 1 is 1.00 bits per heavy atom. The Kier molecular flexibility index (Phi) is 7.10. The van der Waals surface area contributed by atoms with E-state index in [0.717, 1.165) is 11.1 Å². The first kappa shape index (κ1) is 25.3. The Morgan fingerprint density at radius 3 is 2.18 bits per heavy atom. The van der Waals surface area contributed by atoms with Crippen molar-refractivity contribution in [3.05, 3.63) is 40.7 Å². The molecule has 0 saturated heterocycles. The van der Waals surface area contributed by atoms with Gasteiger partial charge in [-0.3, -0.25) is 14.4 Å². The van der Waals surface area contributed by atoms with E-state index in [1.165, 1.54) is 34.5 Å². The van der Waals surface area contributed by atoms with Gasteiger partial charge in [0.15, 0.2) is 17.3 Å². The Labute approximate surface area is 199 Å². The van der Waals surface area contributed by atoms with Gasteiger partial charge in [0.2, 0.25) is 11.5 Å². The molecule has 0 bridgehead atoms.